The van der Waals surface area contributed by atoms with Crippen LogP contribution in [0.15, 0.2) is 82.6 Å². The fourth-order valence-corrected chi connectivity index (χ4v) is 2.36. The predicted octanol–water partition coefficient (Wildman–Crippen LogP) is 5.13. The second-order valence-electron chi connectivity index (χ2n) is 4.64. The van der Waals surface area contributed by atoms with E-state index < -0.39 is 0 Å². The van der Waals surface area contributed by atoms with Crippen molar-refractivity contribution >= 4 is 16.8 Å². The summed E-state index contributed by atoms with van der Waals surface area (Å²) >= 11 is 6.26. The van der Waals surface area contributed by atoms with E-state index in [1.165, 1.54) is 0 Å². The molecule has 0 saturated carbocycles. The van der Waals surface area contributed by atoms with Crippen LogP contribution >= 0.6 is 11.6 Å². The summed E-state index contributed by atoms with van der Waals surface area (Å²) in [4.78, 5) is 4.49. The Bertz CT molecular complexity index is 733. The van der Waals surface area contributed by atoms with E-state index in [2.05, 4.69) is 17.1 Å². The van der Waals surface area contributed by atoms with Gasteiger partial charge in [-0.1, -0.05) is 66.2 Å². The van der Waals surface area contributed by atoms with Crippen molar-refractivity contribution < 1.29 is 4.42 Å². The van der Waals surface area contributed by atoms with Crippen molar-refractivity contribution in [2.75, 3.05) is 0 Å². The van der Waals surface area contributed by atoms with E-state index in [4.69, 9.17) is 16.0 Å². The summed E-state index contributed by atoms with van der Waals surface area (Å²) < 4.78 is 5.16. The molecule has 0 bridgehead atoms. The van der Waals surface area contributed by atoms with Crippen molar-refractivity contribution in [3.8, 4) is 11.1 Å². The Morgan fingerprint density at radius 1 is 0.952 bits per heavy atom. The second-order valence-corrected chi connectivity index (χ2v) is 5.00. The first-order valence-corrected chi connectivity index (χ1v) is 7.08. The Labute approximate surface area is 128 Å². The average Bonchev–Trinajstić information content (AvgIpc) is 3.08. The molecule has 1 aromatic heterocycles. The topological polar surface area (TPSA) is 25.5 Å². The van der Waals surface area contributed by atoms with Gasteiger partial charge in [0.15, 0.2) is 0 Å². The molecule has 1 heterocycles. The SMILES string of the molecule is ClC(=NCc1ccccc1-c1ccoc1)c1ccccc1. The van der Waals surface area contributed by atoms with E-state index >= 15 is 0 Å². The number of halogens is 1. The smallest absolute Gasteiger partial charge is 0.131 e. The molecule has 104 valence electrons. The molecule has 2 nitrogen and oxygen atoms in total. The lowest BCUT2D eigenvalue weighted by molar-refractivity contribution is 0.568. The molecule has 3 heteroatoms. The summed E-state index contributed by atoms with van der Waals surface area (Å²) in [7, 11) is 0. The van der Waals surface area contributed by atoms with E-state index in [1.807, 2.05) is 48.5 Å². The fraction of sp³-hybridized carbons (Fsp3) is 0.0556. The number of aliphatic imine (C=N–C) groups is 1. The van der Waals surface area contributed by atoms with Gasteiger partial charge in [-0.15, -0.1) is 0 Å². The Balaban J connectivity index is 1.86. The summed E-state index contributed by atoms with van der Waals surface area (Å²) in [5.41, 5.74) is 4.22. The van der Waals surface area contributed by atoms with Crippen molar-refractivity contribution in [3.05, 3.63) is 84.3 Å². The summed E-state index contributed by atoms with van der Waals surface area (Å²) in [5.74, 6) is 0. The zero-order valence-electron chi connectivity index (χ0n) is 11.4. The molecular weight excluding hydrogens is 282 g/mol. The van der Waals surface area contributed by atoms with Gasteiger partial charge in [0.1, 0.15) is 5.17 Å². The van der Waals surface area contributed by atoms with Crippen LogP contribution < -0.4 is 0 Å². The van der Waals surface area contributed by atoms with Crippen LogP contribution in [-0.4, -0.2) is 5.17 Å². The Morgan fingerprint density at radius 2 is 1.71 bits per heavy atom. The molecule has 0 atom stereocenters. The van der Waals surface area contributed by atoms with Crippen molar-refractivity contribution in [1.82, 2.24) is 0 Å². The van der Waals surface area contributed by atoms with Crippen molar-refractivity contribution in [1.29, 1.82) is 0 Å². The van der Waals surface area contributed by atoms with Crippen LogP contribution in [0.2, 0.25) is 0 Å². The van der Waals surface area contributed by atoms with Crippen LogP contribution in [0.1, 0.15) is 11.1 Å². The highest BCUT2D eigenvalue weighted by molar-refractivity contribution is 6.69. The molecule has 3 aromatic rings. The Morgan fingerprint density at radius 3 is 2.48 bits per heavy atom. The molecule has 0 unspecified atom stereocenters. The van der Waals surface area contributed by atoms with Gasteiger partial charge in [-0.3, -0.25) is 4.99 Å². The molecule has 0 radical (unpaired) electrons. The highest BCUT2D eigenvalue weighted by Gasteiger charge is 2.06. The number of nitrogens with zero attached hydrogens (tertiary/aromatic N) is 1. The van der Waals surface area contributed by atoms with Crippen molar-refractivity contribution in [2.45, 2.75) is 6.54 Å². The van der Waals surface area contributed by atoms with Crippen molar-refractivity contribution in [2.24, 2.45) is 4.99 Å². The number of hydrogen-bond acceptors (Lipinski definition) is 2. The third-order valence-corrected chi connectivity index (χ3v) is 3.59. The lowest BCUT2D eigenvalue weighted by Crippen LogP contribution is -1.93. The van der Waals surface area contributed by atoms with E-state index in [0.717, 1.165) is 22.3 Å². The third-order valence-electron chi connectivity index (χ3n) is 3.25. The summed E-state index contributed by atoms with van der Waals surface area (Å²) in [6, 6.07) is 19.8. The van der Waals surface area contributed by atoms with Crippen LogP contribution in [0.5, 0.6) is 0 Å². The Hall–Kier alpha value is -2.32. The zero-order valence-corrected chi connectivity index (χ0v) is 12.1. The third kappa shape index (κ3) is 3.23. The van der Waals surface area contributed by atoms with Crippen LogP contribution in [0.4, 0.5) is 0 Å². The minimum Gasteiger partial charge on any atom is -0.472 e. The van der Waals surface area contributed by atoms with E-state index in [9.17, 15) is 0 Å². The fourth-order valence-electron chi connectivity index (χ4n) is 2.18. The highest BCUT2D eigenvalue weighted by atomic mass is 35.5. The number of rotatable bonds is 4. The van der Waals surface area contributed by atoms with Gasteiger partial charge >= 0.3 is 0 Å². The number of benzene rings is 2. The number of furan rings is 1. The summed E-state index contributed by atoms with van der Waals surface area (Å²) in [6.07, 6.45) is 3.41. The van der Waals surface area contributed by atoms with Gasteiger partial charge in [0.25, 0.3) is 0 Å². The lowest BCUT2D eigenvalue weighted by atomic mass is 10.0. The standard InChI is InChI=1S/C18H14ClNO/c19-18(14-6-2-1-3-7-14)20-12-15-8-4-5-9-17(15)16-10-11-21-13-16/h1-11,13H,12H2. The summed E-state index contributed by atoms with van der Waals surface area (Å²) in [5, 5.41) is 0.526. The maximum absolute atomic E-state index is 6.26. The summed E-state index contributed by atoms with van der Waals surface area (Å²) in [6.45, 7) is 0.537. The molecule has 0 aliphatic rings. The molecule has 0 amide bonds. The molecule has 0 spiro atoms. The monoisotopic (exact) mass is 295 g/mol. The van der Waals surface area contributed by atoms with Crippen LogP contribution in [-0.2, 0) is 6.54 Å². The molecule has 0 saturated heterocycles. The van der Waals surface area contributed by atoms with Gasteiger partial charge in [-0.2, -0.15) is 0 Å². The van der Waals surface area contributed by atoms with Gasteiger partial charge in [-0.05, 0) is 17.2 Å². The highest BCUT2D eigenvalue weighted by Crippen LogP contribution is 2.24. The van der Waals surface area contributed by atoms with E-state index in [-0.39, 0.29) is 0 Å². The molecule has 0 aliphatic heterocycles. The van der Waals surface area contributed by atoms with Gasteiger partial charge in [0.05, 0.1) is 19.1 Å². The maximum atomic E-state index is 6.26. The lowest BCUT2D eigenvalue weighted by Gasteiger charge is -2.05. The first-order valence-electron chi connectivity index (χ1n) is 6.70. The van der Waals surface area contributed by atoms with Gasteiger partial charge in [0, 0.05) is 11.1 Å². The first-order chi connectivity index (χ1) is 10.3. The normalized spacial score (nSPS) is 11.6. The molecule has 0 N–H and O–H groups in total. The molecule has 0 aliphatic carbocycles. The molecule has 0 fully saturated rings. The van der Waals surface area contributed by atoms with Gasteiger partial charge in [0.2, 0.25) is 0 Å². The average molecular weight is 296 g/mol. The van der Waals surface area contributed by atoms with E-state index in [0.29, 0.717) is 11.7 Å². The van der Waals surface area contributed by atoms with Gasteiger partial charge in [-0.25, -0.2) is 0 Å². The van der Waals surface area contributed by atoms with Crippen LogP contribution in [0, 0.1) is 0 Å². The number of hydrogen-bond donors (Lipinski definition) is 0. The first kappa shape index (κ1) is 13.7. The van der Waals surface area contributed by atoms with Crippen LogP contribution in [0.3, 0.4) is 0 Å². The van der Waals surface area contributed by atoms with Crippen molar-refractivity contribution in [3.63, 3.8) is 0 Å². The minimum absolute atomic E-state index is 0.526. The van der Waals surface area contributed by atoms with Gasteiger partial charge < -0.3 is 4.42 Å². The minimum atomic E-state index is 0.526. The maximum Gasteiger partial charge on any atom is 0.131 e. The molecule has 2 aromatic carbocycles. The molecular formula is C18H14ClNO. The quantitative estimate of drug-likeness (QED) is 0.612. The zero-order chi connectivity index (χ0) is 14.5. The predicted molar refractivity (Wildman–Crippen MR) is 86.7 cm³/mol. The second kappa shape index (κ2) is 6.42. The molecule has 3 rings (SSSR count). The Kier molecular flexibility index (Phi) is 4.17. The largest absolute Gasteiger partial charge is 0.472 e. The van der Waals surface area contributed by atoms with Crippen LogP contribution in [0.25, 0.3) is 11.1 Å². The van der Waals surface area contributed by atoms with E-state index in [1.54, 1.807) is 12.5 Å². The molecule has 21 heavy (non-hydrogen) atoms.